The Hall–Kier alpha value is -1.56. The Morgan fingerprint density at radius 1 is 1.61 bits per heavy atom. The molecule has 2 heterocycles. The molecule has 1 saturated heterocycles. The standard InChI is InChI=1S/C12H19N3O3/c1-5-7(2)9-6-10(13-18-9)15-11(16)8(3)14(4)12(15)17/h6-8,11,16H,5H2,1-4H3. The molecule has 18 heavy (non-hydrogen) atoms. The van der Waals surface area contributed by atoms with E-state index in [1.165, 1.54) is 9.80 Å². The van der Waals surface area contributed by atoms with Gasteiger partial charge in [-0.1, -0.05) is 19.0 Å². The Morgan fingerprint density at radius 3 is 2.78 bits per heavy atom. The number of aliphatic hydroxyl groups is 1. The number of hydrogen-bond acceptors (Lipinski definition) is 4. The minimum Gasteiger partial charge on any atom is -0.371 e. The second kappa shape index (κ2) is 4.61. The first-order valence-corrected chi connectivity index (χ1v) is 6.18. The van der Waals surface area contributed by atoms with E-state index in [2.05, 4.69) is 12.1 Å². The minimum absolute atomic E-state index is 0.247. The number of likely N-dealkylation sites (N-methyl/N-ethyl adjacent to an activating group) is 1. The molecule has 2 amide bonds. The Morgan fingerprint density at radius 2 is 2.28 bits per heavy atom. The summed E-state index contributed by atoms with van der Waals surface area (Å²) in [6, 6.07) is 1.20. The molecule has 0 bridgehead atoms. The zero-order chi connectivity index (χ0) is 13.4. The van der Waals surface area contributed by atoms with Crippen molar-refractivity contribution in [1.29, 1.82) is 0 Å². The molecule has 6 heteroatoms. The van der Waals surface area contributed by atoms with Crippen LogP contribution in [0.3, 0.4) is 0 Å². The molecule has 1 aromatic heterocycles. The number of aliphatic hydroxyl groups excluding tert-OH is 1. The second-order valence-electron chi connectivity index (χ2n) is 4.81. The molecule has 3 atom stereocenters. The van der Waals surface area contributed by atoms with Gasteiger partial charge in [-0.2, -0.15) is 0 Å². The van der Waals surface area contributed by atoms with Gasteiger partial charge in [0.2, 0.25) is 0 Å². The van der Waals surface area contributed by atoms with E-state index in [0.717, 1.165) is 12.2 Å². The maximum absolute atomic E-state index is 12.0. The molecule has 3 unspecified atom stereocenters. The van der Waals surface area contributed by atoms with E-state index >= 15 is 0 Å². The van der Waals surface area contributed by atoms with Gasteiger partial charge in [0.25, 0.3) is 0 Å². The van der Waals surface area contributed by atoms with Crippen molar-refractivity contribution in [3.8, 4) is 0 Å². The average molecular weight is 253 g/mol. The van der Waals surface area contributed by atoms with Crippen LogP contribution in [0, 0.1) is 0 Å². The van der Waals surface area contributed by atoms with Crippen LogP contribution in [0.4, 0.5) is 10.6 Å². The van der Waals surface area contributed by atoms with Gasteiger partial charge < -0.3 is 14.5 Å². The third-order valence-corrected chi connectivity index (χ3v) is 3.68. The van der Waals surface area contributed by atoms with Crippen LogP contribution in [0.1, 0.15) is 38.9 Å². The molecular formula is C12H19N3O3. The van der Waals surface area contributed by atoms with Crippen molar-refractivity contribution in [2.24, 2.45) is 0 Å². The fourth-order valence-electron chi connectivity index (χ4n) is 1.93. The van der Waals surface area contributed by atoms with Crippen LogP contribution in [0.5, 0.6) is 0 Å². The quantitative estimate of drug-likeness (QED) is 0.891. The summed E-state index contributed by atoms with van der Waals surface area (Å²) in [5.41, 5.74) is 0. The van der Waals surface area contributed by atoms with E-state index in [0.29, 0.717) is 5.82 Å². The zero-order valence-corrected chi connectivity index (χ0v) is 11.1. The van der Waals surface area contributed by atoms with Gasteiger partial charge in [0.15, 0.2) is 12.0 Å². The number of carbonyl (C=O) groups is 1. The van der Waals surface area contributed by atoms with Gasteiger partial charge >= 0.3 is 6.03 Å². The van der Waals surface area contributed by atoms with Gasteiger partial charge in [-0.3, -0.25) is 0 Å². The summed E-state index contributed by atoms with van der Waals surface area (Å²) in [6.07, 6.45) is 0.0407. The lowest BCUT2D eigenvalue weighted by atomic mass is 10.1. The molecule has 0 aromatic carbocycles. The summed E-state index contributed by atoms with van der Waals surface area (Å²) < 4.78 is 5.22. The first-order chi connectivity index (χ1) is 8.47. The average Bonchev–Trinajstić information content (AvgIpc) is 2.90. The van der Waals surface area contributed by atoms with Crippen LogP contribution in [0.2, 0.25) is 0 Å². The summed E-state index contributed by atoms with van der Waals surface area (Å²) in [6.45, 7) is 5.87. The second-order valence-corrected chi connectivity index (χ2v) is 4.81. The summed E-state index contributed by atoms with van der Waals surface area (Å²) in [5, 5.41) is 13.9. The highest BCUT2D eigenvalue weighted by Gasteiger charge is 2.42. The maximum atomic E-state index is 12.0. The van der Waals surface area contributed by atoms with E-state index in [1.54, 1.807) is 20.0 Å². The number of rotatable bonds is 3. The maximum Gasteiger partial charge on any atom is 0.328 e. The number of carbonyl (C=O) groups excluding carboxylic acids is 1. The third-order valence-electron chi connectivity index (χ3n) is 3.68. The van der Waals surface area contributed by atoms with Crippen molar-refractivity contribution in [3.05, 3.63) is 11.8 Å². The molecule has 0 aliphatic carbocycles. The van der Waals surface area contributed by atoms with Crippen molar-refractivity contribution in [2.75, 3.05) is 11.9 Å². The molecule has 6 nitrogen and oxygen atoms in total. The van der Waals surface area contributed by atoms with Crippen LogP contribution in [0.25, 0.3) is 0 Å². The summed E-state index contributed by atoms with van der Waals surface area (Å²) >= 11 is 0. The van der Waals surface area contributed by atoms with Crippen molar-refractivity contribution in [3.63, 3.8) is 0 Å². The smallest absolute Gasteiger partial charge is 0.328 e. The number of hydrogen-bond donors (Lipinski definition) is 1. The van der Waals surface area contributed by atoms with Gasteiger partial charge in [0.05, 0.1) is 6.04 Å². The SMILES string of the molecule is CCC(C)c1cc(N2C(=O)N(C)C(C)C2O)no1. The summed E-state index contributed by atoms with van der Waals surface area (Å²) in [4.78, 5) is 14.7. The number of anilines is 1. The molecular weight excluding hydrogens is 234 g/mol. The van der Waals surface area contributed by atoms with Gasteiger partial charge in [-0.05, 0) is 13.3 Å². The summed E-state index contributed by atoms with van der Waals surface area (Å²) in [7, 11) is 1.66. The minimum atomic E-state index is -0.891. The van der Waals surface area contributed by atoms with Crippen LogP contribution >= 0.6 is 0 Å². The van der Waals surface area contributed by atoms with Gasteiger partial charge in [-0.25, -0.2) is 9.69 Å². The topological polar surface area (TPSA) is 69.8 Å². The van der Waals surface area contributed by atoms with Crippen LogP contribution in [-0.2, 0) is 0 Å². The Bertz CT molecular complexity index is 446. The monoisotopic (exact) mass is 253 g/mol. The summed E-state index contributed by atoms with van der Waals surface area (Å²) in [5.74, 6) is 1.35. The van der Waals surface area contributed by atoms with E-state index in [9.17, 15) is 9.90 Å². The predicted octanol–water partition coefficient (Wildman–Crippen LogP) is 1.77. The predicted molar refractivity (Wildman–Crippen MR) is 66.3 cm³/mol. The first kappa shape index (κ1) is 12.9. The van der Waals surface area contributed by atoms with Gasteiger partial charge in [0, 0.05) is 19.0 Å². The largest absolute Gasteiger partial charge is 0.371 e. The fraction of sp³-hybridized carbons (Fsp3) is 0.667. The van der Waals surface area contributed by atoms with E-state index in [-0.39, 0.29) is 18.0 Å². The van der Waals surface area contributed by atoms with Crippen LogP contribution < -0.4 is 4.90 Å². The third kappa shape index (κ3) is 1.86. The highest BCUT2D eigenvalue weighted by atomic mass is 16.5. The molecule has 2 rings (SSSR count). The van der Waals surface area contributed by atoms with Crippen molar-refractivity contribution in [2.45, 2.75) is 45.4 Å². The molecule has 0 saturated carbocycles. The molecule has 1 fully saturated rings. The van der Waals surface area contributed by atoms with Gasteiger partial charge in [0.1, 0.15) is 5.76 Å². The van der Waals surface area contributed by atoms with Crippen molar-refractivity contribution in [1.82, 2.24) is 10.1 Å². The Balaban J connectivity index is 2.27. The molecule has 100 valence electrons. The molecule has 1 aromatic rings. The highest BCUT2D eigenvalue weighted by molar-refractivity contribution is 5.93. The normalized spacial score (nSPS) is 25.9. The molecule has 0 radical (unpaired) electrons. The zero-order valence-electron chi connectivity index (χ0n) is 11.1. The molecule has 1 aliphatic heterocycles. The lowest BCUT2D eigenvalue weighted by molar-refractivity contribution is 0.137. The molecule has 1 aliphatic rings. The lowest BCUT2D eigenvalue weighted by Crippen LogP contribution is -2.35. The Labute approximate surface area is 106 Å². The Kier molecular flexibility index (Phi) is 3.30. The van der Waals surface area contributed by atoms with Crippen LogP contribution in [0.15, 0.2) is 10.6 Å². The number of amides is 2. The van der Waals surface area contributed by atoms with Crippen LogP contribution in [-0.4, -0.2) is 40.5 Å². The number of urea groups is 1. The van der Waals surface area contributed by atoms with Crippen molar-refractivity contribution < 1.29 is 14.4 Å². The van der Waals surface area contributed by atoms with E-state index < -0.39 is 6.23 Å². The highest BCUT2D eigenvalue weighted by Crippen LogP contribution is 2.29. The number of aromatic nitrogens is 1. The molecule has 1 N–H and O–H groups in total. The number of nitrogens with zero attached hydrogens (tertiary/aromatic N) is 3. The fourth-order valence-corrected chi connectivity index (χ4v) is 1.93. The lowest BCUT2D eigenvalue weighted by Gasteiger charge is -2.16. The first-order valence-electron chi connectivity index (χ1n) is 6.18. The molecule has 0 spiro atoms. The van der Waals surface area contributed by atoms with Gasteiger partial charge in [-0.15, -0.1) is 0 Å². The van der Waals surface area contributed by atoms with E-state index in [1.807, 2.05) is 6.92 Å². The van der Waals surface area contributed by atoms with E-state index in [4.69, 9.17) is 4.52 Å². The van der Waals surface area contributed by atoms with Crippen molar-refractivity contribution >= 4 is 11.8 Å².